The van der Waals surface area contributed by atoms with Crippen LogP contribution in [0, 0.1) is 10.1 Å². The van der Waals surface area contributed by atoms with E-state index >= 15 is 0 Å². The molecule has 0 saturated carbocycles. The maximum absolute atomic E-state index is 12.2. The van der Waals surface area contributed by atoms with E-state index in [1.165, 1.54) is 43.5 Å². The minimum absolute atomic E-state index is 0.0167. The molecule has 1 N–H and O–H groups in total. The molecule has 0 unspecified atom stereocenters. The van der Waals surface area contributed by atoms with Crippen LogP contribution in [0.5, 0.6) is 11.5 Å². The highest BCUT2D eigenvalue weighted by atomic mass is 16.6. The maximum atomic E-state index is 12.2. The first-order valence-corrected chi connectivity index (χ1v) is 7.64. The van der Waals surface area contributed by atoms with Gasteiger partial charge in [0.2, 0.25) is 0 Å². The Morgan fingerprint density at radius 1 is 1.22 bits per heavy atom. The van der Waals surface area contributed by atoms with E-state index in [4.69, 9.17) is 13.9 Å². The first-order valence-electron chi connectivity index (χ1n) is 7.64. The van der Waals surface area contributed by atoms with Gasteiger partial charge in [-0.05, 0) is 24.3 Å². The highest BCUT2D eigenvalue weighted by molar-refractivity contribution is 5.91. The van der Waals surface area contributed by atoms with Gasteiger partial charge in [-0.1, -0.05) is 0 Å². The molecular weight excluding hydrogens is 358 g/mol. The fraction of sp³-hybridized carbons (Fsp3) is 0.111. The number of hydrogen-bond acceptors (Lipinski definition) is 8. The number of nitrogens with zero attached hydrogens (tertiary/aromatic N) is 1. The summed E-state index contributed by atoms with van der Waals surface area (Å²) in [7, 11) is 1.28. The molecule has 1 heterocycles. The molecule has 1 aromatic heterocycles. The van der Waals surface area contributed by atoms with E-state index in [1.54, 1.807) is 0 Å². The minimum Gasteiger partial charge on any atom is -0.508 e. The molecule has 0 bridgehead atoms. The lowest BCUT2D eigenvalue weighted by Crippen LogP contribution is -2.08. The van der Waals surface area contributed by atoms with Crippen molar-refractivity contribution < 1.29 is 28.7 Å². The largest absolute Gasteiger partial charge is 0.508 e. The summed E-state index contributed by atoms with van der Waals surface area (Å²) < 4.78 is 15.0. The molecule has 9 nitrogen and oxygen atoms in total. The molecule has 3 rings (SSSR count). The Kier molecular flexibility index (Phi) is 4.75. The van der Waals surface area contributed by atoms with Crippen LogP contribution in [0.4, 0.5) is 5.69 Å². The van der Waals surface area contributed by atoms with Crippen LogP contribution in [-0.2, 0) is 11.3 Å². The molecule has 2 aromatic carbocycles. The van der Waals surface area contributed by atoms with E-state index in [0.29, 0.717) is 10.9 Å². The number of carbonyl (C=O) groups excluding carboxylic acids is 1. The van der Waals surface area contributed by atoms with Crippen LogP contribution in [0.3, 0.4) is 0 Å². The Bertz CT molecular complexity index is 1100. The number of nitro benzene ring substituents is 1. The molecule has 27 heavy (non-hydrogen) atoms. The molecular formula is C18H13NO8. The summed E-state index contributed by atoms with van der Waals surface area (Å²) in [6.45, 7) is -0.258. The van der Waals surface area contributed by atoms with Crippen molar-refractivity contribution in [3.63, 3.8) is 0 Å². The fourth-order valence-electron chi connectivity index (χ4n) is 2.52. The van der Waals surface area contributed by atoms with Crippen molar-refractivity contribution in [1.29, 1.82) is 0 Å². The van der Waals surface area contributed by atoms with Gasteiger partial charge in [-0.3, -0.25) is 10.1 Å². The van der Waals surface area contributed by atoms with Crippen molar-refractivity contribution >= 4 is 22.6 Å². The number of hydrogen-bond donors (Lipinski definition) is 1. The van der Waals surface area contributed by atoms with Crippen LogP contribution in [0.15, 0.2) is 51.7 Å². The Morgan fingerprint density at radius 3 is 2.70 bits per heavy atom. The van der Waals surface area contributed by atoms with E-state index in [0.717, 1.165) is 6.07 Å². The number of phenolic OH excluding ortho intramolecular Hbond substituents is 1. The standard InChI is InChI=1S/C18H13NO8/c1-25-15-5-2-10(6-14(15)19(23)24)18(22)26-9-11-7-17(21)27-16-8-12(20)3-4-13(11)16/h2-8,20H,9H2,1H3. The first kappa shape index (κ1) is 17.9. The molecule has 0 fully saturated rings. The SMILES string of the molecule is COc1ccc(C(=O)OCc2cc(=O)oc3cc(O)ccc23)cc1[N+](=O)[O-]. The van der Waals surface area contributed by atoms with E-state index in [2.05, 4.69) is 0 Å². The van der Waals surface area contributed by atoms with Crippen LogP contribution in [0.1, 0.15) is 15.9 Å². The van der Waals surface area contributed by atoms with E-state index in [9.17, 15) is 24.8 Å². The third kappa shape index (κ3) is 3.71. The van der Waals surface area contributed by atoms with Crippen molar-refractivity contribution in [1.82, 2.24) is 0 Å². The van der Waals surface area contributed by atoms with Gasteiger partial charge in [0.25, 0.3) is 0 Å². The zero-order valence-electron chi connectivity index (χ0n) is 14.0. The number of ether oxygens (including phenoxy) is 2. The summed E-state index contributed by atoms with van der Waals surface area (Å²) >= 11 is 0. The monoisotopic (exact) mass is 371 g/mol. The number of aromatic hydroxyl groups is 1. The van der Waals surface area contributed by atoms with Gasteiger partial charge >= 0.3 is 17.3 Å². The van der Waals surface area contributed by atoms with E-state index < -0.39 is 16.5 Å². The molecule has 0 atom stereocenters. The number of rotatable bonds is 5. The molecule has 0 spiro atoms. The van der Waals surface area contributed by atoms with Crippen LogP contribution in [-0.4, -0.2) is 23.1 Å². The zero-order valence-corrected chi connectivity index (χ0v) is 14.0. The Labute approximate surface area is 151 Å². The van der Waals surface area contributed by atoms with Gasteiger partial charge in [0.15, 0.2) is 5.75 Å². The normalized spacial score (nSPS) is 10.6. The lowest BCUT2D eigenvalue weighted by atomic mass is 10.1. The molecule has 0 aliphatic carbocycles. The molecule has 3 aromatic rings. The van der Waals surface area contributed by atoms with Crippen molar-refractivity contribution in [3.8, 4) is 11.5 Å². The summed E-state index contributed by atoms with van der Waals surface area (Å²) in [5, 5.41) is 21.0. The smallest absolute Gasteiger partial charge is 0.338 e. The van der Waals surface area contributed by atoms with E-state index in [1.807, 2.05) is 0 Å². The predicted octanol–water partition coefficient (Wildman–Crippen LogP) is 2.77. The summed E-state index contributed by atoms with van der Waals surface area (Å²) in [5.41, 5.74) is -0.550. The van der Waals surface area contributed by atoms with Gasteiger partial charge in [-0.2, -0.15) is 0 Å². The molecule has 0 amide bonds. The highest BCUT2D eigenvalue weighted by Gasteiger charge is 2.19. The fourth-order valence-corrected chi connectivity index (χ4v) is 2.52. The maximum Gasteiger partial charge on any atom is 0.338 e. The number of fused-ring (bicyclic) bond motifs is 1. The third-order valence-electron chi connectivity index (χ3n) is 3.78. The Morgan fingerprint density at radius 2 is 2.00 bits per heavy atom. The highest BCUT2D eigenvalue weighted by Crippen LogP contribution is 2.28. The summed E-state index contributed by atoms with van der Waals surface area (Å²) in [4.78, 5) is 34.3. The number of methoxy groups -OCH3 is 1. The van der Waals surface area contributed by atoms with Crippen molar-refractivity contribution in [2.45, 2.75) is 6.61 Å². The van der Waals surface area contributed by atoms with Crippen molar-refractivity contribution in [2.75, 3.05) is 7.11 Å². The van der Waals surface area contributed by atoms with Crippen molar-refractivity contribution in [3.05, 3.63) is 74.1 Å². The second-order valence-electron chi connectivity index (χ2n) is 5.49. The number of carbonyl (C=O) groups is 1. The third-order valence-corrected chi connectivity index (χ3v) is 3.78. The molecule has 138 valence electrons. The van der Waals surface area contributed by atoms with Gasteiger partial charge in [-0.25, -0.2) is 9.59 Å². The Hall–Kier alpha value is -3.88. The average molecular weight is 371 g/mol. The molecule has 0 aliphatic rings. The molecule has 0 saturated heterocycles. The second-order valence-corrected chi connectivity index (χ2v) is 5.49. The van der Waals surface area contributed by atoms with Crippen LogP contribution >= 0.6 is 0 Å². The first-order chi connectivity index (χ1) is 12.9. The van der Waals surface area contributed by atoms with Crippen LogP contribution < -0.4 is 10.4 Å². The summed E-state index contributed by atoms with van der Waals surface area (Å²) in [6, 6.07) is 9.05. The van der Waals surface area contributed by atoms with Gasteiger partial charge in [-0.15, -0.1) is 0 Å². The van der Waals surface area contributed by atoms with Crippen LogP contribution in [0.25, 0.3) is 11.0 Å². The minimum atomic E-state index is -0.805. The predicted molar refractivity (Wildman–Crippen MR) is 92.9 cm³/mol. The molecule has 9 heteroatoms. The zero-order chi connectivity index (χ0) is 19.6. The lowest BCUT2D eigenvalue weighted by molar-refractivity contribution is -0.385. The van der Waals surface area contributed by atoms with Crippen molar-refractivity contribution in [2.24, 2.45) is 0 Å². The number of esters is 1. The topological polar surface area (TPSA) is 129 Å². The van der Waals surface area contributed by atoms with Gasteiger partial charge < -0.3 is 19.0 Å². The van der Waals surface area contributed by atoms with Crippen LogP contribution in [0.2, 0.25) is 0 Å². The van der Waals surface area contributed by atoms with Gasteiger partial charge in [0.1, 0.15) is 17.9 Å². The number of nitro groups is 1. The summed E-state index contributed by atoms with van der Waals surface area (Å²) in [5.74, 6) is -0.866. The average Bonchev–Trinajstić information content (AvgIpc) is 2.64. The second kappa shape index (κ2) is 7.16. The molecule has 0 radical (unpaired) electrons. The number of benzene rings is 2. The van der Waals surface area contributed by atoms with E-state index in [-0.39, 0.29) is 34.9 Å². The lowest BCUT2D eigenvalue weighted by Gasteiger charge is -2.08. The summed E-state index contributed by atoms with van der Waals surface area (Å²) in [6.07, 6.45) is 0. The molecule has 0 aliphatic heterocycles. The van der Waals surface area contributed by atoms with Gasteiger partial charge in [0, 0.05) is 29.1 Å². The number of phenols is 1. The quantitative estimate of drug-likeness (QED) is 0.314. The Balaban J connectivity index is 1.86. The van der Waals surface area contributed by atoms with Gasteiger partial charge in [0.05, 0.1) is 17.6 Å².